The lowest BCUT2D eigenvalue weighted by molar-refractivity contribution is -0.119. The first-order valence-corrected chi connectivity index (χ1v) is 12.0. The molecule has 3 aromatic carbocycles. The van der Waals surface area contributed by atoms with Crippen molar-refractivity contribution in [2.24, 2.45) is 0 Å². The number of rotatable bonds is 10. The fraction of sp³-hybridized carbons (Fsp3) is 0.240. The minimum absolute atomic E-state index is 0.0912. The molecule has 186 valence electrons. The first-order valence-electron chi connectivity index (χ1n) is 10.6. The Bertz CT molecular complexity index is 1250. The number of nitrogens with one attached hydrogen (secondary N) is 1. The number of benzene rings is 3. The summed E-state index contributed by atoms with van der Waals surface area (Å²) in [6.45, 7) is 1.48. The molecule has 1 N–H and O–H groups in total. The van der Waals surface area contributed by atoms with Crippen LogP contribution in [0.4, 0.5) is 10.1 Å². The molecule has 0 saturated carbocycles. The molecule has 0 aromatic heterocycles. The number of amides is 1. The molecular weight excluding hydrogens is 475 g/mol. The summed E-state index contributed by atoms with van der Waals surface area (Å²) in [7, 11) is 0.317. The average molecular weight is 503 g/mol. The number of halogens is 1. The van der Waals surface area contributed by atoms with Gasteiger partial charge in [0.25, 0.3) is 10.0 Å². The van der Waals surface area contributed by atoms with E-state index in [-0.39, 0.29) is 11.4 Å². The van der Waals surface area contributed by atoms with Gasteiger partial charge in [-0.1, -0.05) is 17.7 Å². The van der Waals surface area contributed by atoms with Crippen molar-refractivity contribution in [1.29, 1.82) is 0 Å². The van der Waals surface area contributed by atoms with Crippen molar-refractivity contribution in [3.63, 3.8) is 0 Å². The Morgan fingerprint density at radius 2 is 1.49 bits per heavy atom. The standard InChI is InChI=1S/C25H27FN2O6S/c1-17-5-9-20(10-6-17)28(35(30,31)21-11-7-19(26)8-12-21)16-24(29)27-15-18-13-22(32-2)25(34-4)23(14-18)33-3/h5-14H,15-16H2,1-4H3,(H,27,29). The van der Waals surface area contributed by atoms with Crippen molar-refractivity contribution in [3.05, 3.63) is 77.6 Å². The van der Waals surface area contributed by atoms with Crippen LogP contribution in [0.5, 0.6) is 17.2 Å². The van der Waals surface area contributed by atoms with Gasteiger partial charge in [0.1, 0.15) is 12.4 Å². The van der Waals surface area contributed by atoms with E-state index in [0.29, 0.717) is 28.5 Å². The van der Waals surface area contributed by atoms with Crippen LogP contribution in [-0.4, -0.2) is 42.2 Å². The largest absolute Gasteiger partial charge is 0.493 e. The van der Waals surface area contributed by atoms with Crippen LogP contribution in [0.3, 0.4) is 0 Å². The van der Waals surface area contributed by atoms with Gasteiger partial charge >= 0.3 is 0 Å². The van der Waals surface area contributed by atoms with Gasteiger partial charge < -0.3 is 19.5 Å². The Morgan fingerprint density at radius 3 is 2.00 bits per heavy atom. The number of hydrogen-bond donors (Lipinski definition) is 1. The van der Waals surface area contributed by atoms with Crippen LogP contribution in [0.1, 0.15) is 11.1 Å². The second-order valence-electron chi connectivity index (χ2n) is 7.61. The summed E-state index contributed by atoms with van der Waals surface area (Å²) in [5.41, 5.74) is 1.90. The molecule has 8 nitrogen and oxygen atoms in total. The zero-order chi connectivity index (χ0) is 25.6. The van der Waals surface area contributed by atoms with Gasteiger partial charge in [-0.05, 0) is 61.0 Å². The topological polar surface area (TPSA) is 94.2 Å². The van der Waals surface area contributed by atoms with E-state index in [1.54, 1.807) is 36.4 Å². The highest BCUT2D eigenvalue weighted by Crippen LogP contribution is 2.38. The molecule has 35 heavy (non-hydrogen) atoms. The average Bonchev–Trinajstić information content (AvgIpc) is 2.86. The van der Waals surface area contributed by atoms with Crippen LogP contribution < -0.4 is 23.8 Å². The van der Waals surface area contributed by atoms with E-state index in [1.807, 2.05) is 6.92 Å². The van der Waals surface area contributed by atoms with Crippen LogP contribution in [0, 0.1) is 12.7 Å². The highest BCUT2D eigenvalue weighted by molar-refractivity contribution is 7.92. The summed E-state index contributed by atoms with van der Waals surface area (Å²) in [4.78, 5) is 12.7. The van der Waals surface area contributed by atoms with Crippen LogP contribution in [-0.2, 0) is 21.4 Å². The molecule has 0 aliphatic heterocycles. The fourth-order valence-corrected chi connectivity index (χ4v) is 4.81. The summed E-state index contributed by atoms with van der Waals surface area (Å²) >= 11 is 0. The molecule has 3 rings (SSSR count). The lowest BCUT2D eigenvalue weighted by atomic mass is 10.1. The van der Waals surface area contributed by atoms with E-state index in [2.05, 4.69) is 5.32 Å². The summed E-state index contributed by atoms with van der Waals surface area (Å²) in [5, 5.41) is 2.73. The normalized spacial score (nSPS) is 11.0. The Hall–Kier alpha value is -3.79. The van der Waals surface area contributed by atoms with Gasteiger partial charge in [0.15, 0.2) is 11.5 Å². The van der Waals surface area contributed by atoms with Crippen molar-refractivity contribution in [1.82, 2.24) is 5.32 Å². The van der Waals surface area contributed by atoms with Gasteiger partial charge in [-0.15, -0.1) is 0 Å². The predicted octanol–water partition coefficient (Wildman–Crippen LogP) is 3.67. The van der Waals surface area contributed by atoms with Gasteiger partial charge in [-0.3, -0.25) is 9.10 Å². The summed E-state index contributed by atoms with van der Waals surface area (Å²) in [5.74, 6) is 0.174. The molecule has 10 heteroatoms. The molecule has 3 aromatic rings. The van der Waals surface area contributed by atoms with E-state index in [1.165, 1.54) is 33.5 Å². The maximum atomic E-state index is 13.4. The summed E-state index contributed by atoms with van der Waals surface area (Å²) in [6, 6.07) is 14.6. The second kappa shape index (κ2) is 11.1. The summed E-state index contributed by atoms with van der Waals surface area (Å²) in [6.07, 6.45) is 0. The first kappa shape index (κ1) is 25.8. The third-order valence-corrected chi connectivity index (χ3v) is 7.01. The number of methoxy groups -OCH3 is 3. The first-order chi connectivity index (χ1) is 16.7. The molecule has 0 aliphatic carbocycles. The number of hydrogen-bond acceptors (Lipinski definition) is 6. The monoisotopic (exact) mass is 502 g/mol. The van der Waals surface area contributed by atoms with Crippen LogP contribution >= 0.6 is 0 Å². The Labute approximate surface area is 204 Å². The van der Waals surface area contributed by atoms with Crippen molar-refractivity contribution in [2.45, 2.75) is 18.4 Å². The van der Waals surface area contributed by atoms with E-state index < -0.39 is 28.3 Å². The number of anilines is 1. The van der Waals surface area contributed by atoms with E-state index in [0.717, 1.165) is 22.0 Å². The minimum Gasteiger partial charge on any atom is -0.493 e. The molecule has 0 atom stereocenters. The molecule has 0 radical (unpaired) electrons. The number of carbonyl (C=O) groups excluding carboxylic acids is 1. The van der Waals surface area contributed by atoms with Crippen molar-refractivity contribution in [2.75, 3.05) is 32.2 Å². The van der Waals surface area contributed by atoms with Gasteiger partial charge in [-0.25, -0.2) is 12.8 Å². The van der Waals surface area contributed by atoms with E-state index in [4.69, 9.17) is 14.2 Å². The molecule has 0 spiro atoms. The number of carbonyl (C=O) groups is 1. The van der Waals surface area contributed by atoms with E-state index in [9.17, 15) is 17.6 Å². The van der Waals surface area contributed by atoms with Gasteiger partial charge in [0.2, 0.25) is 11.7 Å². The van der Waals surface area contributed by atoms with Crippen molar-refractivity contribution in [3.8, 4) is 17.2 Å². The number of ether oxygens (including phenoxy) is 3. The Morgan fingerprint density at radius 1 is 0.914 bits per heavy atom. The predicted molar refractivity (Wildman–Crippen MR) is 130 cm³/mol. The SMILES string of the molecule is COc1cc(CNC(=O)CN(c2ccc(C)cc2)S(=O)(=O)c2ccc(F)cc2)cc(OC)c1OC. The Balaban J connectivity index is 1.85. The molecule has 1 amide bonds. The maximum absolute atomic E-state index is 13.4. The molecule has 0 aliphatic rings. The van der Waals surface area contributed by atoms with E-state index >= 15 is 0 Å². The van der Waals surface area contributed by atoms with Gasteiger partial charge in [-0.2, -0.15) is 0 Å². The quantitative estimate of drug-likeness (QED) is 0.455. The third-order valence-electron chi connectivity index (χ3n) is 5.22. The van der Waals surface area contributed by atoms with Crippen molar-refractivity contribution >= 4 is 21.6 Å². The zero-order valence-corrected chi connectivity index (χ0v) is 20.7. The van der Waals surface area contributed by atoms with Gasteiger partial charge in [0.05, 0.1) is 31.9 Å². The van der Waals surface area contributed by atoms with Crippen LogP contribution in [0.25, 0.3) is 0 Å². The lowest BCUT2D eigenvalue weighted by Gasteiger charge is -2.24. The zero-order valence-electron chi connectivity index (χ0n) is 19.9. The molecule has 0 heterocycles. The highest BCUT2D eigenvalue weighted by atomic mass is 32.2. The van der Waals surface area contributed by atoms with Gasteiger partial charge in [0, 0.05) is 6.54 Å². The summed E-state index contributed by atoms with van der Waals surface area (Å²) < 4.78 is 57.0. The number of nitrogens with zero attached hydrogens (tertiary/aromatic N) is 1. The maximum Gasteiger partial charge on any atom is 0.264 e. The molecule has 0 fully saturated rings. The molecule has 0 bridgehead atoms. The minimum atomic E-state index is -4.14. The third kappa shape index (κ3) is 6.02. The molecule has 0 unspecified atom stereocenters. The van der Waals surface area contributed by atoms with Crippen LogP contribution in [0.15, 0.2) is 65.6 Å². The molecular formula is C25H27FN2O6S. The van der Waals surface area contributed by atoms with Crippen LogP contribution in [0.2, 0.25) is 0 Å². The fourth-order valence-electron chi connectivity index (χ4n) is 3.38. The highest BCUT2D eigenvalue weighted by Gasteiger charge is 2.27. The lowest BCUT2D eigenvalue weighted by Crippen LogP contribution is -2.40. The number of sulfonamides is 1. The smallest absolute Gasteiger partial charge is 0.264 e. The molecule has 0 saturated heterocycles. The second-order valence-corrected chi connectivity index (χ2v) is 9.47. The van der Waals surface area contributed by atoms with Crippen molar-refractivity contribution < 1.29 is 31.8 Å². The Kier molecular flexibility index (Phi) is 8.18. The number of aryl methyl sites for hydroxylation is 1.